The van der Waals surface area contributed by atoms with E-state index >= 15 is 0 Å². The summed E-state index contributed by atoms with van der Waals surface area (Å²) >= 11 is 0. The van der Waals surface area contributed by atoms with Crippen molar-refractivity contribution in [2.45, 2.75) is 77.9 Å². The van der Waals surface area contributed by atoms with Gasteiger partial charge in [-0.3, -0.25) is 0 Å². The molecule has 15 heavy (non-hydrogen) atoms. The van der Waals surface area contributed by atoms with Gasteiger partial charge in [0.1, 0.15) is 8.24 Å². The van der Waals surface area contributed by atoms with Crippen LogP contribution in [0.3, 0.4) is 0 Å². The van der Waals surface area contributed by atoms with Gasteiger partial charge >= 0.3 is 0 Å². The Hall–Kier alpha value is 0.177. The van der Waals surface area contributed by atoms with Crippen molar-refractivity contribution in [3.8, 4) is 0 Å². The van der Waals surface area contributed by atoms with Crippen molar-refractivity contribution in [2.24, 2.45) is 0 Å². The second kappa shape index (κ2) is 9.41. The highest BCUT2D eigenvalue weighted by molar-refractivity contribution is 6.77. The third kappa shape index (κ3) is 6.36. The molecule has 0 rings (SSSR count). The standard InChI is InChI=1S/C13H31NSi/c1-5-9-12-15(11-7-3,14-8-4)13-10-6-2/h14H,5-13H2,1-4H3. The maximum atomic E-state index is 3.91. The number of rotatable bonds is 10. The van der Waals surface area contributed by atoms with Gasteiger partial charge < -0.3 is 4.98 Å². The molecule has 0 aliphatic rings. The quantitative estimate of drug-likeness (QED) is 0.542. The molecule has 0 aliphatic heterocycles. The average Bonchev–Trinajstić information content (AvgIpc) is 2.24. The topological polar surface area (TPSA) is 12.0 Å². The molecule has 0 heterocycles. The van der Waals surface area contributed by atoms with Crippen molar-refractivity contribution in [3.63, 3.8) is 0 Å². The van der Waals surface area contributed by atoms with Crippen molar-refractivity contribution < 1.29 is 0 Å². The molecule has 1 nitrogen and oxygen atoms in total. The summed E-state index contributed by atoms with van der Waals surface area (Å²) < 4.78 is 0. The Morgan fingerprint density at radius 1 is 0.733 bits per heavy atom. The summed E-state index contributed by atoms with van der Waals surface area (Å²) in [5.41, 5.74) is 0. The molecule has 0 radical (unpaired) electrons. The van der Waals surface area contributed by atoms with Crippen LogP contribution in [0.25, 0.3) is 0 Å². The molecule has 2 heteroatoms. The zero-order valence-corrected chi connectivity index (χ0v) is 12.4. The molecule has 0 aromatic rings. The lowest BCUT2D eigenvalue weighted by atomic mass is 10.4. The third-order valence-corrected chi connectivity index (χ3v) is 8.48. The van der Waals surface area contributed by atoms with Crippen LogP contribution in [-0.4, -0.2) is 14.8 Å². The monoisotopic (exact) mass is 229 g/mol. The SMILES string of the molecule is CCCC[Si](CCC)(CCCC)NCC. The minimum absolute atomic E-state index is 1.09. The Morgan fingerprint density at radius 2 is 1.27 bits per heavy atom. The molecule has 0 saturated carbocycles. The fourth-order valence-corrected chi connectivity index (χ4v) is 7.57. The van der Waals surface area contributed by atoms with E-state index in [1.54, 1.807) is 0 Å². The first-order valence-electron chi connectivity index (χ1n) is 6.99. The summed E-state index contributed by atoms with van der Waals surface area (Å²) in [5, 5.41) is 0. The molecule has 0 atom stereocenters. The van der Waals surface area contributed by atoms with Crippen LogP contribution in [0.2, 0.25) is 18.1 Å². The van der Waals surface area contributed by atoms with Crippen LogP contribution in [0.5, 0.6) is 0 Å². The summed E-state index contributed by atoms with van der Waals surface area (Å²) in [5.74, 6) is 0. The number of unbranched alkanes of at least 4 members (excludes halogenated alkanes) is 2. The molecule has 92 valence electrons. The number of hydrogen-bond acceptors (Lipinski definition) is 1. The van der Waals surface area contributed by atoms with E-state index in [1.165, 1.54) is 56.8 Å². The molecule has 0 bridgehead atoms. The van der Waals surface area contributed by atoms with Crippen LogP contribution >= 0.6 is 0 Å². The summed E-state index contributed by atoms with van der Waals surface area (Å²) in [4.78, 5) is 3.91. The van der Waals surface area contributed by atoms with Crippen LogP contribution in [-0.2, 0) is 0 Å². The van der Waals surface area contributed by atoms with E-state index in [2.05, 4.69) is 32.7 Å². The van der Waals surface area contributed by atoms with E-state index in [4.69, 9.17) is 0 Å². The van der Waals surface area contributed by atoms with Gasteiger partial charge in [0.25, 0.3) is 0 Å². The van der Waals surface area contributed by atoms with E-state index < -0.39 is 8.24 Å². The number of hydrogen-bond donors (Lipinski definition) is 1. The molecular formula is C13H31NSi. The van der Waals surface area contributed by atoms with Crippen LogP contribution in [0, 0.1) is 0 Å². The zero-order chi connectivity index (χ0) is 11.6. The molecule has 0 fully saturated rings. The number of nitrogens with one attached hydrogen (secondary N) is 1. The highest BCUT2D eigenvalue weighted by Crippen LogP contribution is 2.24. The Labute approximate surface area is 98.1 Å². The van der Waals surface area contributed by atoms with Crippen molar-refractivity contribution in [1.82, 2.24) is 4.98 Å². The van der Waals surface area contributed by atoms with Crippen molar-refractivity contribution in [1.29, 1.82) is 0 Å². The lowest BCUT2D eigenvalue weighted by molar-refractivity contribution is 0.771. The largest absolute Gasteiger partial charge is 0.337 e. The normalized spacial score (nSPS) is 12.0. The van der Waals surface area contributed by atoms with E-state index in [0.29, 0.717) is 0 Å². The van der Waals surface area contributed by atoms with Gasteiger partial charge in [0.15, 0.2) is 0 Å². The molecule has 0 aromatic carbocycles. The summed E-state index contributed by atoms with van der Waals surface area (Å²) in [7, 11) is -1.09. The first kappa shape index (κ1) is 15.2. The molecule has 0 aliphatic carbocycles. The maximum Gasteiger partial charge on any atom is 0.125 e. The second-order valence-corrected chi connectivity index (χ2v) is 9.18. The summed E-state index contributed by atoms with van der Waals surface area (Å²) in [6.07, 6.45) is 6.95. The molecular weight excluding hydrogens is 198 g/mol. The predicted molar refractivity (Wildman–Crippen MR) is 74.0 cm³/mol. The Balaban J connectivity index is 4.26. The van der Waals surface area contributed by atoms with E-state index in [0.717, 1.165) is 0 Å². The fourth-order valence-electron chi connectivity index (χ4n) is 2.52. The fraction of sp³-hybridized carbons (Fsp3) is 1.00. The van der Waals surface area contributed by atoms with Crippen molar-refractivity contribution >= 4 is 8.24 Å². The van der Waals surface area contributed by atoms with E-state index in [1.807, 2.05) is 0 Å². The van der Waals surface area contributed by atoms with Crippen LogP contribution in [0.15, 0.2) is 0 Å². The van der Waals surface area contributed by atoms with Crippen molar-refractivity contribution in [2.75, 3.05) is 6.54 Å². The first-order chi connectivity index (χ1) is 7.24. The van der Waals surface area contributed by atoms with E-state index in [9.17, 15) is 0 Å². The van der Waals surface area contributed by atoms with Gasteiger partial charge in [-0.15, -0.1) is 0 Å². The van der Waals surface area contributed by atoms with E-state index in [-0.39, 0.29) is 0 Å². The van der Waals surface area contributed by atoms with Gasteiger partial charge in [0, 0.05) is 0 Å². The van der Waals surface area contributed by atoms with Crippen molar-refractivity contribution in [3.05, 3.63) is 0 Å². The molecule has 0 spiro atoms. The lowest BCUT2D eigenvalue weighted by Crippen LogP contribution is -2.50. The van der Waals surface area contributed by atoms with Gasteiger partial charge in [0.05, 0.1) is 0 Å². The minimum atomic E-state index is -1.09. The van der Waals surface area contributed by atoms with Crippen LogP contribution in [0.1, 0.15) is 59.8 Å². The predicted octanol–water partition coefficient (Wildman–Crippen LogP) is 4.55. The van der Waals surface area contributed by atoms with Gasteiger partial charge in [-0.1, -0.05) is 59.8 Å². The third-order valence-electron chi connectivity index (χ3n) is 3.30. The minimum Gasteiger partial charge on any atom is -0.337 e. The second-order valence-electron chi connectivity index (χ2n) is 4.77. The highest BCUT2D eigenvalue weighted by atomic mass is 28.3. The molecule has 0 unspecified atom stereocenters. The first-order valence-corrected chi connectivity index (χ1v) is 9.61. The molecule has 0 saturated heterocycles. The lowest BCUT2D eigenvalue weighted by Gasteiger charge is -2.32. The maximum absolute atomic E-state index is 3.91. The smallest absolute Gasteiger partial charge is 0.125 e. The van der Waals surface area contributed by atoms with Gasteiger partial charge in [0.2, 0.25) is 0 Å². The Morgan fingerprint density at radius 3 is 1.60 bits per heavy atom. The summed E-state index contributed by atoms with van der Waals surface area (Å²) in [6.45, 7) is 10.4. The molecule has 0 aromatic heterocycles. The molecule has 0 amide bonds. The Bertz CT molecular complexity index is 120. The summed E-state index contributed by atoms with van der Waals surface area (Å²) in [6, 6.07) is 4.50. The van der Waals surface area contributed by atoms with Gasteiger partial charge in [-0.25, -0.2) is 0 Å². The van der Waals surface area contributed by atoms with Gasteiger partial charge in [-0.05, 0) is 24.7 Å². The zero-order valence-electron chi connectivity index (χ0n) is 11.4. The Kier molecular flexibility index (Phi) is 9.52. The molecule has 1 N–H and O–H groups in total. The highest BCUT2D eigenvalue weighted by Gasteiger charge is 2.29. The van der Waals surface area contributed by atoms with Crippen LogP contribution < -0.4 is 4.98 Å². The van der Waals surface area contributed by atoms with Gasteiger partial charge in [-0.2, -0.15) is 0 Å². The van der Waals surface area contributed by atoms with Crippen LogP contribution in [0.4, 0.5) is 0 Å². The average molecular weight is 229 g/mol.